The van der Waals surface area contributed by atoms with Gasteiger partial charge in [-0.1, -0.05) is 30.3 Å². The lowest BCUT2D eigenvalue weighted by Crippen LogP contribution is -2.60. The third kappa shape index (κ3) is 4.78. The molecule has 2 saturated heterocycles. The molecule has 36 heavy (non-hydrogen) atoms. The van der Waals surface area contributed by atoms with Gasteiger partial charge in [-0.3, -0.25) is 14.4 Å². The van der Waals surface area contributed by atoms with Gasteiger partial charge in [0.25, 0.3) is 17.7 Å². The highest BCUT2D eigenvalue weighted by molar-refractivity contribution is 6.06. The Hall–Kier alpha value is -3.87. The van der Waals surface area contributed by atoms with Gasteiger partial charge in [0, 0.05) is 25.3 Å². The first-order valence-corrected chi connectivity index (χ1v) is 11.2. The fourth-order valence-electron chi connectivity index (χ4n) is 4.20. The molecule has 2 aliphatic rings. The fourth-order valence-corrected chi connectivity index (χ4v) is 4.20. The molecule has 2 aromatic carbocycles. The molecule has 0 spiro atoms. The zero-order valence-corrected chi connectivity index (χ0v) is 19.3. The first kappa shape index (κ1) is 25.2. The van der Waals surface area contributed by atoms with Gasteiger partial charge >= 0.3 is 0 Å². The summed E-state index contributed by atoms with van der Waals surface area (Å²) in [5.74, 6) is -3.84. The largest absolute Gasteiger partial charge is 0.378 e. The number of guanidine groups is 1. The number of benzene rings is 2. The molecule has 2 aliphatic heterocycles. The molecule has 3 amide bonds. The maximum Gasteiger partial charge on any atom is 0.288 e. The SMILES string of the molecule is NC(N)=NC(=O)C(O)(c1ccccc1)[C@H]1OCCN(c2ccc(F)c(C(=O)N3CCOCC3)c2)C1=O. The fraction of sp³-hybridized carbons (Fsp3) is 0.333. The number of aliphatic imine (C=N–C) groups is 1. The summed E-state index contributed by atoms with van der Waals surface area (Å²) in [7, 11) is 0. The summed E-state index contributed by atoms with van der Waals surface area (Å²) in [6.45, 7) is 1.30. The molecule has 11 nitrogen and oxygen atoms in total. The zero-order chi connectivity index (χ0) is 25.9. The summed E-state index contributed by atoms with van der Waals surface area (Å²) in [5, 5.41) is 11.5. The second-order valence-electron chi connectivity index (χ2n) is 8.28. The molecular weight excluding hydrogens is 473 g/mol. The van der Waals surface area contributed by atoms with Crippen molar-refractivity contribution in [1.29, 1.82) is 0 Å². The van der Waals surface area contributed by atoms with Crippen molar-refractivity contribution in [2.24, 2.45) is 16.5 Å². The highest BCUT2D eigenvalue weighted by Crippen LogP contribution is 2.34. The number of carbonyl (C=O) groups excluding carboxylic acids is 3. The molecule has 0 saturated carbocycles. The number of ether oxygens (including phenoxy) is 2. The van der Waals surface area contributed by atoms with Gasteiger partial charge in [0.2, 0.25) is 5.60 Å². The molecule has 2 heterocycles. The van der Waals surface area contributed by atoms with E-state index in [-0.39, 0.29) is 30.0 Å². The average molecular weight is 499 g/mol. The Labute approximate surface area is 206 Å². The number of halogens is 1. The summed E-state index contributed by atoms with van der Waals surface area (Å²) in [5.41, 5.74) is 8.20. The quantitative estimate of drug-likeness (QED) is 0.374. The lowest BCUT2D eigenvalue weighted by Gasteiger charge is -2.39. The average Bonchev–Trinajstić information content (AvgIpc) is 2.89. The molecule has 0 aliphatic carbocycles. The van der Waals surface area contributed by atoms with Gasteiger partial charge in [0.15, 0.2) is 12.1 Å². The van der Waals surface area contributed by atoms with E-state index in [0.29, 0.717) is 26.3 Å². The highest BCUT2D eigenvalue weighted by Gasteiger charge is 2.53. The number of nitrogens with two attached hydrogens (primary N) is 2. The maximum atomic E-state index is 14.6. The van der Waals surface area contributed by atoms with Crippen LogP contribution in [-0.4, -0.2) is 79.2 Å². The summed E-state index contributed by atoms with van der Waals surface area (Å²) in [6.07, 6.45) is -1.72. The van der Waals surface area contributed by atoms with Crippen LogP contribution in [0.3, 0.4) is 0 Å². The summed E-state index contributed by atoms with van der Waals surface area (Å²) in [4.78, 5) is 45.6. The van der Waals surface area contributed by atoms with E-state index in [9.17, 15) is 23.9 Å². The van der Waals surface area contributed by atoms with Gasteiger partial charge in [-0.15, -0.1) is 0 Å². The van der Waals surface area contributed by atoms with E-state index in [1.54, 1.807) is 18.2 Å². The molecule has 190 valence electrons. The normalized spacial score (nSPS) is 19.9. The highest BCUT2D eigenvalue weighted by atomic mass is 19.1. The van der Waals surface area contributed by atoms with Gasteiger partial charge < -0.3 is 35.8 Å². The third-order valence-corrected chi connectivity index (χ3v) is 6.03. The van der Waals surface area contributed by atoms with Crippen LogP contribution in [0.1, 0.15) is 15.9 Å². The predicted molar refractivity (Wildman–Crippen MR) is 126 cm³/mol. The molecule has 12 heteroatoms. The number of carbonyl (C=O) groups is 3. The van der Waals surface area contributed by atoms with Gasteiger partial charge in [-0.05, 0) is 23.8 Å². The zero-order valence-electron chi connectivity index (χ0n) is 19.3. The van der Waals surface area contributed by atoms with Gasteiger partial charge in [-0.25, -0.2) is 4.39 Å². The standard InChI is InChI=1S/C24H26FN5O6/c25-18-7-6-16(14-17(18)20(31)29-8-11-35-12-9-29)30-10-13-36-19(21(30)32)24(34,22(33)28-23(26)27)15-4-2-1-3-5-15/h1-7,14,19,34H,8-13H2,(H4,26,27,28,33)/t19-,24?/m0/s1. The summed E-state index contributed by atoms with van der Waals surface area (Å²) in [6, 6.07) is 11.4. The van der Waals surface area contributed by atoms with E-state index in [0.717, 1.165) is 6.07 Å². The van der Waals surface area contributed by atoms with Gasteiger partial charge in [-0.2, -0.15) is 4.99 Å². The minimum absolute atomic E-state index is 0.0352. The van der Waals surface area contributed by atoms with Crippen molar-refractivity contribution < 1.29 is 33.4 Å². The number of morpholine rings is 2. The molecule has 2 atom stereocenters. The van der Waals surface area contributed by atoms with Crippen molar-refractivity contribution in [3.8, 4) is 0 Å². The Morgan fingerprint density at radius 2 is 1.75 bits per heavy atom. The van der Waals surface area contributed by atoms with E-state index in [2.05, 4.69) is 4.99 Å². The van der Waals surface area contributed by atoms with Crippen LogP contribution in [0.5, 0.6) is 0 Å². The van der Waals surface area contributed by atoms with E-state index >= 15 is 0 Å². The number of hydrogen-bond donors (Lipinski definition) is 3. The minimum atomic E-state index is -2.55. The Kier molecular flexibility index (Phi) is 7.29. The minimum Gasteiger partial charge on any atom is -0.378 e. The molecule has 0 radical (unpaired) electrons. The van der Waals surface area contributed by atoms with E-state index in [4.69, 9.17) is 20.9 Å². The van der Waals surface area contributed by atoms with E-state index in [1.165, 1.54) is 34.1 Å². The van der Waals surface area contributed by atoms with Crippen LogP contribution in [0.15, 0.2) is 53.5 Å². The molecule has 5 N–H and O–H groups in total. The Bertz CT molecular complexity index is 1180. The monoisotopic (exact) mass is 499 g/mol. The molecule has 1 unspecified atom stereocenters. The number of anilines is 1. The molecular formula is C24H26FN5O6. The lowest BCUT2D eigenvalue weighted by molar-refractivity contribution is -0.171. The number of hydrogen-bond acceptors (Lipinski definition) is 6. The van der Waals surface area contributed by atoms with E-state index < -0.39 is 41.2 Å². The van der Waals surface area contributed by atoms with Crippen LogP contribution in [0.25, 0.3) is 0 Å². The van der Waals surface area contributed by atoms with E-state index in [1.807, 2.05) is 0 Å². The van der Waals surface area contributed by atoms with Crippen LogP contribution in [0, 0.1) is 5.82 Å². The Morgan fingerprint density at radius 1 is 1.06 bits per heavy atom. The van der Waals surface area contributed by atoms with Crippen molar-refractivity contribution in [2.45, 2.75) is 11.7 Å². The Morgan fingerprint density at radius 3 is 2.42 bits per heavy atom. The van der Waals surface area contributed by atoms with Gasteiger partial charge in [0.1, 0.15) is 5.82 Å². The van der Waals surface area contributed by atoms with Crippen molar-refractivity contribution in [3.05, 3.63) is 65.5 Å². The molecule has 0 aromatic heterocycles. The van der Waals surface area contributed by atoms with Crippen LogP contribution >= 0.6 is 0 Å². The molecule has 2 fully saturated rings. The lowest BCUT2D eigenvalue weighted by atomic mass is 9.85. The van der Waals surface area contributed by atoms with Crippen LogP contribution in [0.2, 0.25) is 0 Å². The number of nitrogens with zero attached hydrogens (tertiary/aromatic N) is 3. The molecule has 2 aromatic rings. The van der Waals surface area contributed by atoms with Crippen LogP contribution < -0.4 is 16.4 Å². The Balaban J connectivity index is 1.69. The number of aliphatic hydroxyl groups is 1. The van der Waals surface area contributed by atoms with Crippen molar-refractivity contribution in [2.75, 3.05) is 44.4 Å². The smallest absolute Gasteiger partial charge is 0.288 e. The van der Waals surface area contributed by atoms with Crippen molar-refractivity contribution in [3.63, 3.8) is 0 Å². The van der Waals surface area contributed by atoms with Crippen LogP contribution in [-0.2, 0) is 24.7 Å². The van der Waals surface area contributed by atoms with Crippen molar-refractivity contribution in [1.82, 2.24) is 4.90 Å². The first-order valence-electron chi connectivity index (χ1n) is 11.2. The van der Waals surface area contributed by atoms with Crippen molar-refractivity contribution >= 4 is 29.4 Å². The van der Waals surface area contributed by atoms with Crippen LogP contribution in [0.4, 0.5) is 10.1 Å². The molecule has 0 bridgehead atoms. The number of amides is 3. The topological polar surface area (TPSA) is 161 Å². The second kappa shape index (κ2) is 10.4. The van der Waals surface area contributed by atoms with Gasteiger partial charge in [0.05, 0.1) is 25.4 Å². The second-order valence-corrected chi connectivity index (χ2v) is 8.28. The number of rotatable bonds is 5. The summed E-state index contributed by atoms with van der Waals surface area (Å²) < 4.78 is 25.5. The predicted octanol–water partition coefficient (Wildman–Crippen LogP) is -0.282. The third-order valence-electron chi connectivity index (χ3n) is 6.03. The maximum absolute atomic E-state index is 14.6. The first-order chi connectivity index (χ1) is 17.2. The molecule has 4 rings (SSSR count). The summed E-state index contributed by atoms with van der Waals surface area (Å²) >= 11 is 0.